The fourth-order valence-corrected chi connectivity index (χ4v) is 2.08. The third-order valence-electron chi connectivity index (χ3n) is 3.17. The van der Waals surface area contributed by atoms with Crippen molar-refractivity contribution >= 4 is 6.09 Å². The molecule has 0 bridgehead atoms. The number of nitrogens with one attached hydrogen (secondary N) is 3. The van der Waals surface area contributed by atoms with Gasteiger partial charge in [0, 0.05) is 12.6 Å². The number of hydrogen-bond donors (Lipinski definition) is 3. The Kier molecular flexibility index (Phi) is 6.58. The van der Waals surface area contributed by atoms with E-state index in [1.807, 2.05) is 20.8 Å². The molecule has 19 heavy (non-hydrogen) atoms. The first kappa shape index (κ1) is 16.2. The first-order valence-corrected chi connectivity index (χ1v) is 7.28. The third-order valence-corrected chi connectivity index (χ3v) is 3.17. The van der Waals surface area contributed by atoms with Crippen LogP contribution in [0.1, 0.15) is 40.5 Å². The standard InChI is InChI=1S/C14H29N3O2/c1-11(9-17-13(18)19-14(2,3)4)16-10-12-5-7-15-8-6-12/h11-12,15-16H,5-10H2,1-4H3,(H,17,18). The molecule has 1 unspecified atom stereocenters. The van der Waals surface area contributed by atoms with E-state index < -0.39 is 5.60 Å². The van der Waals surface area contributed by atoms with Gasteiger partial charge in [0.05, 0.1) is 0 Å². The molecule has 1 fully saturated rings. The van der Waals surface area contributed by atoms with Crippen LogP contribution in [0.4, 0.5) is 4.79 Å². The van der Waals surface area contributed by atoms with Crippen molar-refractivity contribution in [1.82, 2.24) is 16.0 Å². The number of piperidine rings is 1. The van der Waals surface area contributed by atoms with Gasteiger partial charge in [-0.3, -0.25) is 0 Å². The third kappa shape index (κ3) is 8.06. The minimum Gasteiger partial charge on any atom is -0.444 e. The maximum atomic E-state index is 11.5. The molecule has 1 saturated heterocycles. The van der Waals surface area contributed by atoms with Gasteiger partial charge in [-0.2, -0.15) is 0 Å². The number of ether oxygens (including phenoxy) is 1. The first-order valence-electron chi connectivity index (χ1n) is 7.28. The summed E-state index contributed by atoms with van der Waals surface area (Å²) in [5, 5.41) is 9.63. The SMILES string of the molecule is CC(CNC(=O)OC(C)(C)C)NCC1CCNCC1. The van der Waals surface area contributed by atoms with Crippen LogP contribution in [0.15, 0.2) is 0 Å². The predicted octanol–water partition coefficient (Wildman–Crippen LogP) is 1.49. The molecule has 0 aromatic heterocycles. The van der Waals surface area contributed by atoms with Gasteiger partial charge < -0.3 is 20.7 Å². The van der Waals surface area contributed by atoms with E-state index in [-0.39, 0.29) is 12.1 Å². The van der Waals surface area contributed by atoms with Gasteiger partial charge in [-0.05, 0) is 66.1 Å². The van der Waals surface area contributed by atoms with Crippen LogP contribution in [-0.4, -0.2) is 43.9 Å². The number of carbonyl (C=O) groups excluding carboxylic acids is 1. The number of carbonyl (C=O) groups is 1. The summed E-state index contributed by atoms with van der Waals surface area (Å²) in [6.07, 6.45) is 2.13. The van der Waals surface area contributed by atoms with Crippen LogP contribution in [0.25, 0.3) is 0 Å². The maximum absolute atomic E-state index is 11.5. The molecule has 1 atom stereocenters. The zero-order valence-corrected chi connectivity index (χ0v) is 12.7. The Morgan fingerprint density at radius 2 is 2.00 bits per heavy atom. The van der Waals surface area contributed by atoms with E-state index >= 15 is 0 Å². The molecule has 1 amide bonds. The summed E-state index contributed by atoms with van der Waals surface area (Å²) in [4.78, 5) is 11.5. The van der Waals surface area contributed by atoms with Crippen LogP contribution in [0.5, 0.6) is 0 Å². The van der Waals surface area contributed by atoms with E-state index in [0.717, 1.165) is 25.6 Å². The summed E-state index contributed by atoms with van der Waals surface area (Å²) in [6.45, 7) is 11.5. The van der Waals surface area contributed by atoms with Gasteiger partial charge in [0.1, 0.15) is 5.60 Å². The molecule has 0 aliphatic carbocycles. The summed E-state index contributed by atoms with van der Waals surface area (Å²) in [5.41, 5.74) is -0.435. The van der Waals surface area contributed by atoms with Crippen molar-refractivity contribution in [2.45, 2.75) is 52.2 Å². The Morgan fingerprint density at radius 3 is 2.58 bits per heavy atom. The number of amides is 1. The average molecular weight is 271 g/mol. The van der Waals surface area contributed by atoms with E-state index in [1.165, 1.54) is 12.8 Å². The van der Waals surface area contributed by atoms with Crippen molar-refractivity contribution in [1.29, 1.82) is 0 Å². The van der Waals surface area contributed by atoms with E-state index in [0.29, 0.717) is 6.54 Å². The largest absolute Gasteiger partial charge is 0.444 e. The van der Waals surface area contributed by atoms with Gasteiger partial charge >= 0.3 is 6.09 Å². The lowest BCUT2D eigenvalue weighted by Gasteiger charge is -2.25. The van der Waals surface area contributed by atoms with Gasteiger partial charge in [-0.1, -0.05) is 0 Å². The molecular weight excluding hydrogens is 242 g/mol. The molecule has 1 rings (SSSR count). The number of alkyl carbamates (subject to hydrolysis) is 1. The fourth-order valence-electron chi connectivity index (χ4n) is 2.08. The van der Waals surface area contributed by atoms with Gasteiger partial charge in [0.25, 0.3) is 0 Å². The van der Waals surface area contributed by atoms with Gasteiger partial charge in [0.2, 0.25) is 0 Å². The molecule has 112 valence electrons. The van der Waals surface area contributed by atoms with Gasteiger partial charge in [-0.15, -0.1) is 0 Å². The van der Waals surface area contributed by atoms with Crippen molar-refractivity contribution in [2.75, 3.05) is 26.2 Å². The zero-order chi connectivity index (χ0) is 14.3. The minimum absolute atomic E-state index is 0.266. The van der Waals surface area contributed by atoms with E-state index in [9.17, 15) is 4.79 Å². The molecule has 0 saturated carbocycles. The molecule has 0 aromatic rings. The molecule has 0 spiro atoms. The lowest BCUT2D eigenvalue weighted by atomic mass is 9.98. The van der Waals surface area contributed by atoms with Crippen LogP contribution in [0.2, 0.25) is 0 Å². The quantitative estimate of drug-likeness (QED) is 0.709. The van der Waals surface area contributed by atoms with Crippen LogP contribution in [0.3, 0.4) is 0 Å². The zero-order valence-electron chi connectivity index (χ0n) is 12.7. The monoisotopic (exact) mass is 271 g/mol. The summed E-state index contributed by atoms with van der Waals surface area (Å²) < 4.78 is 5.20. The molecule has 5 nitrogen and oxygen atoms in total. The predicted molar refractivity (Wildman–Crippen MR) is 77.3 cm³/mol. The van der Waals surface area contributed by atoms with Crippen LogP contribution >= 0.6 is 0 Å². The van der Waals surface area contributed by atoms with E-state index in [4.69, 9.17) is 4.74 Å². The topological polar surface area (TPSA) is 62.4 Å². The molecule has 1 aliphatic heterocycles. The average Bonchev–Trinajstić information content (AvgIpc) is 2.33. The fraction of sp³-hybridized carbons (Fsp3) is 0.929. The molecule has 0 aromatic carbocycles. The first-order chi connectivity index (χ1) is 8.87. The molecule has 3 N–H and O–H groups in total. The van der Waals surface area contributed by atoms with Crippen LogP contribution in [0, 0.1) is 5.92 Å². The second kappa shape index (κ2) is 7.70. The summed E-state index contributed by atoms with van der Waals surface area (Å²) in [7, 11) is 0. The van der Waals surface area contributed by atoms with Gasteiger partial charge in [0.15, 0.2) is 0 Å². The van der Waals surface area contributed by atoms with E-state index in [2.05, 4.69) is 22.9 Å². The Labute approximate surface area is 116 Å². The molecule has 5 heteroatoms. The summed E-state index contributed by atoms with van der Waals surface area (Å²) in [6, 6.07) is 0.266. The Balaban J connectivity index is 2.10. The second-order valence-corrected chi connectivity index (χ2v) is 6.39. The highest BCUT2D eigenvalue weighted by Crippen LogP contribution is 2.10. The van der Waals surface area contributed by atoms with Crippen molar-refractivity contribution in [3.63, 3.8) is 0 Å². The highest BCUT2D eigenvalue weighted by Gasteiger charge is 2.17. The van der Waals surface area contributed by atoms with Gasteiger partial charge in [-0.25, -0.2) is 4.79 Å². The lowest BCUT2D eigenvalue weighted by Crippen LogP contribution is -2.43. The maximum Gasteiger partial charge on any atom is 0.407 e. The highest BCUT2D eigenvalue weighted by molar-refractivity contribution is 5.67. The molecule has 1 heterocycles. The van der Waals surface area contributed by atoms with Crippen LogP contribution in [-0.2, 0) is 4.74 Å². The summed E-state index contributed by atoms with van der Waals surface area (Å²) in [5.74, 6) is 0.755. The normalized spacial score (nSPS) is 18.9. The lowest BCUT2D eigenvalue weighted by molar-refractivity contribution is 0.0523. The van der Waals surface area contributed by atoms with Crippen LogP contribution < -0.4 is 16.0 Å². The molecular formula is C14H29N3O2. The number of hydrogen-bond acceptors (Lipinski definition) is 4. The highest BCUT2D eigenvalue weighted by atomic mass is 16.6. The number of rotatable bonds is 5. The summed E-state index contributed by atoms with van der Waals surface area (Å²) >= 11 is 0. The van der Waals surface area contributed by atoms with Crippen molar-refractivity contribution < 1.29 is 9.53 Å². The van der Waals surface area contributed by atoms with Crippen molar-refractivity contribution in [3.05, 3.63) is 0 Å². The smallest absolute Gasteiger partial charge is 0.407 e. The molecule has 1 aliphatic rings. The Bertz CT molecular complexity index is 270. The minimum atomic E-state index is -0.435. The second-order valence-electron chi connectivity index (χ2n) is 6.39. The molecule has 0 radical (unpaired) electrons. The Hall–Kier alpha value is -0.810. The Morgan fingerprint density at radius 1 is 1.37 bits per heavy atom. The van der Waals surface area contributed by atoms with Crippen molar-refractivity contribution in [3.8, 4) is 0 Å². The van der Waals surface area contributed by atoms with Crippen molar-refractivity contribution in [2.24, 2.45) is 5.92 Å². The van der Waals surface area contributed by atoms with E-state index in [1.54, 1.807) is 0 Å².